The van der Waals surface area contributed by atoms with Crippen molar-refractivity contribution < 1.29 is 9.59 Å². The lowest BCUT2D eigenvalue weighted by Crippen LogP contribution is -2.17. The Morgan fingerprint density at radius 2 is 1.96 bits per heavy atom. The number of hydrogen-bond donors (Lipinski definition) is 2. The van der Waals surface area contributed by atoms with Crippen molar-refractivity contribution in [1.29, 1.82) is 0 Å². The van der Waals surface area contributed by atoms with Gasteiger partial charge in [0.1, 0.15) is 5.82 Å². The maximum atomic E-state index is 12.2. The maximum Gasteiger partial charge on any atom is 0.236 e. The second-order valence-corrected chi connectivity index (χ2v) is 7.64. The molecule has 0 fully saturated rings. The molecule has 2 heterocycles. The summed E-state index contributed by atoms with van der Waals surface area (Å²) in [5.41, 5.74) is 0.653. The van der Waals surface area contributed by atoms with Crippen LogP contribution in [0.15, 0.2) is 41.0 Å². The third kappa shape index (κ3) is 5.52. The van der Waals surface area contributed by atoms with Crippen LogP contribution in [-0.4, -0.2) is 37.3 Å². The number of halogens is 1. The van der Waals surface area contributed by atoms with Gasteiger partial charge in [-0.25, -0.2) is 4.98 Å². The van der Waals surface area contributed by atoms with Crippen LogP contribution in [0.1, 0.15) is 5.82 Å². The molecule has 1 aromatic carbocycles. The second-order valence-electron chi connectivity index (χ2n) is 5.36. The first-order valence-corrected chi connectivity index (χ1v) is 10.0. The minimum absolute atomic E-state index is 0.0675. The lowest BCUT2D eigenvalue weighted by molar-refractivity contribution is -0.116. The Kier molecular flexibility index (Phi) is 6.43. The molecule has 3 rings (SSSR count). The smallest absolute Gasteiger partial charge is 0.236 e. The molecular formula is C16H15ClN6O2S2. The third-order valence-electron chi connectivity index (χ3n) is 3.38. The molecule has 0 bridgehead atoms. The van der Waals surface area contributed by atoms with Gasteiger partial charge < -0.3 is 15.2 Å². The summed E-state index contributed by atoms with van der Waals surface area (Å²) in [6, 6.07) is 6.84. The van der Waals surface area contributed by atoms with E-state index < -0.39 is 0 Å². The highest BCUT2D eigenvalue weighted by molar-refractivity contribution is 7.99. The van der Waals surface area contributed by atoms with E-state index in [1.165, 1.54) is 23.1 Å². The zero-order valence-corrected chi connectivity index (χ0v) is 16.6. The van der Waals surface area contributed by atoms with Gasteiger partial charge in [-0.2, -0.15) is 0 Å². The minimum atomic E-state index is -0.217. The van der Waals surface area contributed by atoms with Gasteiger partial charge in [0.05, 0.1) is 12.2 Å². The second kappa shape index (κ2) is 8.98. The number of amides is 2. The minimum Gasteiger partial charge on any atom is -0.326 e. The number of thioether (sulfide) groups is 1. The number of hydrogen-bond acceptors (Lipinski definition) is 7. The molecular weight excluding hydrogens is 408 g/mol. The lowest BCUT2D eigenvalue weighted by atomic mass is 10.3. The van der Waals surface area contributed by atoms with Crippen molar-refractivity contribution in [2.75, 3.05) is 16.4 Å². The van der Waals surface area contributed by atoms with E-state index in [1.807, 2.05) is 0 Å². The van der Waals surface area contributed by atoms with Crippen LogP contribution in [0.2, 0.25) is 5.02 Å². The predicted octanol–water partition coefficient (Wildman–Crippen LogP) is 2.84. The van der Waals surface area contributed by atoms with Gasteiger partial charge in [0.2, 0.25) is 11.8 Å². The Balaban J connectivity index is 1.52. The molecule has 2 N–H and O–H groups in total. The van der Waals surface area contributed by atoms with Gasteiger partial charge in [-0.3, -0.25) is 9.59 Å². The van der Waals surface area contributed by atoms with Crippen molar-refractivity contribution in [2.24, 2.45) is 7.05 Å². The number of nitrogens with zero attached hydrogens (tertiary/aromatic N) is 4. The van der Waals surface area contributed by atoms with E-state index in [-0.39, 0.29) is 24.0 Å². The molecule has 0 radical (unpaired) electrons. The molecule has 0 atom stereocenters. The molecule has 8 nitrogen and oxygen atoms in total. The highest BCUT2D eigenvalue weighted by Crippen LogP contribution is 2.18. The van der Waals surface area contributed by atoms with Crippen molar-refractivity contribution in [1.82, 2.24) is 19.7 Å². The van der Waals surface area contributed by atoms with Gasteiger partial charge in [-0.05, 0) is 24.3 Å². The third-order valence-corrected chi connectivity index (χ3v) is 5.34. The molecule has 0 spiro atoms. The SMILES string of the molecule is Cn1c(CC(=O)Nc2ccc(Cl)cc2)nnc1SCC(=O)Nc1nccs1. The van der Waals surface area contributed by atoms with Crippen LogP contribution in [-0.2, 0) is 23.1 Å². The summed E-state index contributed by atoms with van der Waals surface area (Å²) in [6.45, 7) is 0. The van der Waals surface area contributed by atoms with E-state index >= 15 is 0 Å². The van der Waals surface area contributed by atoms with E-state index in [9.17, 15) is 9.59 Å². The Labute approximate surface area is 168 Å². The number of carbonyl (C=O) groups excluding carboxylic acids is 2. The van der Waals surface area contributed by atoms with Gasteiger partial charge in [-0.15, -0.1) is 21.5 Å². The fraction of sp³-hybridized carbons (Fsp3) is 0.188. The molecule has 140 valence electrons. The van der Waals surface area contributed by atoms with Crippen LogP contribution in [0.4, 0.5) is 10.8 Å². The number of nitrogens with one attached hydrogen (secondary N) is 2. The molecule has 0 aliphatic rings. The number of anilines is 2. The van der Waals surface area contributed by atoms with Crippen molar-refractivity contribution in [3.63, 3.8) is 0 Å². The Morgan fingerprint density at radius 1 is 1.19 bits per heavy atom. The zero-order valence-electron chi connectivity index (χ0n) is 14.2. The maximum absolute atomic E-state index is 12.2. The van der Waals surface area contributed by atoms with Gasteiger partial charge in [0.25, 0.3) is 0 Å². The van der Waals surface area contributed by atoms with Crippen LogP contribution >= 0.6 is 34.7 Å². The molecule has 27 heavy (non-hydrogen) atoms. The summed E-state index contributed by atoms with van der Waals surface area (Å²) in [5.74, 6) is 0.276. The standard InChI is InChI=1S/C16H15ClN6O2S2/c1-23-12(8-13(24)19-11-4-2-10(17)3-5-11)21-22-16(23)27-9-14(25)20-15-18-6-7-26-15/h2-7H,8-9H2,1H3,(H,19,24)(H,18,20,25). The first-order chi connectivity index (χ1) is 13.0. The van der Waals surface area contributed by atoms with Crippen LogP contribution < -0.4 is 10.6 Å². The summed E-state index contributed by atoms with van der Waals surface area (Å²) in [4.78, 5) is 28.1. The summed E-state index contributed by atoms with van der Waals surface area (Å²) >= 11 is 8.41. The average Bonchev–Trinajstić information content (AvgIpc) is 3.26. The van der Waals surface area contributed by atoms with Crippen molar-refractivity contribution in [2.45, 2.75) is 11.6 Å². The fourth-order valence-corrected chi connectivity index (χ4v) is 3.48. The number of benzene rings is 1. The molecule has 0 saturated carbocycles. The van der Waals surface area contributed by atoms with Crippen molar-refractivity contribution in [3.8, 4) is 0 Å². The van der Waals surface area contributed by atoms with E-state index in [0.717, 1.165) is 0 Å². The summed E-state index contributed by atoms with van der Waals surface area (Å²) in [7, 11) is 1.76. The summed E-state index contributed by atoms with van der Waals surface area (Å²) in [5, 5.41) is 17.0. The summed E-state index contributed by atoms with van der Waals surface area (Å²) < 4.78 is 1.70. The van der Waals surface area contributed by atoms with Gasteiger partial charge >= 0.3 is 0 Å². The van der Waals surface area contributed by atoms with Crippen LogP contribution in [0.25, 0.3) is 0 Å². The number of rotatable bonds is 7. The van der Waals surface area contributed by atoms with Gasteiger partial charge in [0, 0.05) is 29.3 Å². The zero-order chi connectivity index (χ0) is 19.2. The monoisotopic (exact) mass is 422 g/mol. The molecule has 11 heteroatoms. The lowest BCUT2D eigenvalue weighted by Gasteiger charge is -2.06. The van der Waals surface area contributed by atoms with E-state index in [1.54, 1.807) is 47.5 Å². The molecule has 0 aliphatic carbocycles. The highest BCUT2D eigenvalue weighted by Gasteiger charge is 2.15. The van der Waals surface area contributed by atoms with Crippen LogP contribution in [0.3, 0.4) is 0 Å². The van der Waals surface area contributed by atoms with E-state index in [2.05, 4.69) is 25.8 Å². The Bertz CT molecular complexity index is 927. The van der Waals surface area contributed by atoms with Crippen molar-refractivity contribution in [3.05, 3.63) is 46.7 Å². The van der Waals surface area contributed by atoms with Crippen molar-refractivity contribution >= 4 is 57.3 Å². The first kappa shape index (κ1) is 19.3. The molecule has 0 unspecified atom stereocenters. The Hall–Kier alpha value is -2.43. The van der Waals surface area contributed by atoms with E-state index in [4.69, 9.17) is 11.6 Å². The summed E-state index contributed by atoms with van der Waals surface area (Å²) in [6.07, 6.45) is 1.69. The van der Waals surface area contributed by atoms with Crippen LogP contribution in [0, 0.1) is 0 Å². The molecule has 2 aromatic heterocycles. The molecule has 3 aromatic rings. The normalized spacial score (nSPS) is 10.6. The largest absolute Gasteiger partial charge is 0.326 e. The number of aromatic nitrogens is 4. The highest BCUT2D eigenvalue weighted by atomic mass is 35.5. The Morgan fingerprint density at radius 3 is 2.67 bits per heavy atom. The van der Waals surface area contributed by atoms with E-state index in [0.29, 0.717) is 26.8 Å². The molecule has 0 aliphatic heterocycles. The van der Waals surface area contributed by atoms with Gasteiger partial charge in [0.15, 0.2) is 10.3 Å². The predicted molar refractivity (Wildman–Crippen MR) is 106 cm³/mol. The molecule has 0 saturated heterocycles. The number of thiazole rings is 1. The topological polar surface area (TPSA) is 102 Å². The average molecular weight is 423 g/mol. The fourth-order valence-electron chi connectivity index (χ4n) is 2.08. The molecule has 2 amide bonds. The number of carbonyl (C=O) groups is 2. The van der Waals surface area contributed by atoms with Crippen LogP contribution in [0.5, 0.6) is 0 Å². The first-order valence-electron chi connectivity index (χ1n) is 7.77. The quantitative estimate of drug-likeness (QED) is 0.567. The van der Waals surface area contributed by atoms with Gasteiger partial charge in [-0.1, -0.05) is 23.4 Å².